The minimum atomic E-state index is -0.486. The van der Waals surface area contributed by atoms with Crippen LogP contribution in [-0.2, 0) is 0 Å². The van der Waals surface area contributed by atoms with Gasteiger partial charge in [0.25, 0.3) is 0 Å². The number of hydrogen-bond donors (Lipinski definition) is 3. The van der Waals surface area contributed by atoms with E-state index < -0.39 is 5.60 Å². The second kappa shape index (κ2) is 5.05. The van der Waals surface area contributed by atoms with Gasteiger partial charge in [-0.1, -0.05) is 12.8 Å². The lowest BCUT2D eigenvalue weighted by atomic mass is 9.71. The number of anilines is 1. The van der Waals surface area contributed by atoms with Crippen molar-refractivity contribution < 1.29 is 5.11 Å². The molecule has 1 saturated carbocycles. The quantitative estimate of drug-likeness (QED) is 0.563. The molecule has 1 aliphatic carbocycles. The topological polar surface area (TPSA) is 86.2 Å². The molecule has 3 rings (SSSR count). The van der Waals surface area contributed by atoms with Gasteiger partial charge in [0.05, 0.1) is 11.2 Å². The van der Waals surface area contributed by atoms with E-state index in [1.807, 2.05) is 6.07 Å². The number of aliphatic hydroxyl groups is 1. The molecular formula is C15H22N4O. The van der Waals surface area contributed by atoms with Gasteiger partial charge >= 0.3 is 0 Å². The maximum Gasteiger partial charge on any atom is 0.139 e. The molecule has 0 radical (unpaired) electrons. The molecule has 0 spiro atoms. The van der Waals surface area contributed by atoms with E-state index in [9.17, 15) is 5.11 Å². The molecule has 1 aliphatic heterocycles. The van der Waals surface area contributed by atoms with Crippen LogP contribution >= 0.6 is 0 Å². The van der Waals surface area contributed by atoms with Crippen LogP contribution in [0.25, 0.3) is 0 Å². The normalized spacial score (nSPS) is 29.9. The first-order valence-corrected chi connectivity index (χ1v) is 7.37. The molecule has 5 heteroatoms. The number of fused-ring (bicyclic) bond motifs is 1. The maximum atomic E-state index is 10.7. The fourth-order valence-corrected chi connectivity index (χ4v) is 3.62. The summed E-state index contributed by atoms with van der Waals surface area (Å²) in [4.78, 5) is 6.59. The van der Waals surface area contributed by atoms with E-state index in [-0.39, 0.29) is 5.84 Å². The SMILES string of the molecule is N=C(N)c1cccnc1N1CCC2(O)CCCCC2C1. The second-order valence-corrected chi connectivity index (χ2v) is 6.03. The zero-order chi connectivity index (χ0) is 14.2. The molecule has 2 fully saturated rings. The summed E-state index contributed by atoms with van der Waals surface area (Å²) in [6.07, 6.45) is 6.86. The van der Waals surface area contributed by atoms with Crippen molar-refractivity contribution in [2.24, 2.45) is 11.7 Å². The summed E-state index contributed by atoms with van der Waals surface area (Å²) in [6.45, 7) is 1.60. The third-order valence-corrected chi connectivity index (χ3v) is 4.80. The van der Waals surface area contributed by atoms with Crippen LogP contribution in [0.2, 0.25) is 0 Å². The van der Waals surface area contributed by atoms with Crippen LogP contribution in [0.1, 0.15) is 37.7 Å². The predicted octanol–water partition coefficient (Wildman–Crippen LogP) is 1.50. The molecule has 2 aliphatic rings. The standard InChI is InChI=1S/C15H22N4O/c16-13(17)12-5-3-8-18-14(12)19-9-7-15(20)6-2-1-4-11(15)10-19/h3,5,8,11,20H,1-2,4,6-7,9-10H2,(H3,16,17). The van der Waals surface area contributed by atoms with Crippen molar-refractivity contribution in [3.05, 3.63) is 23.9 Å². The fourth-order valence-electron chi connectivity index (χ4n) is 3.62. The van der Waals surface area contributed by atoms with E-state index >= 15 is 0 Å². The molecule has 2 heterocycles. The van der Waals surface area contributed by atoms with E-state index in [2.05, 4.69) is 9.88 Å². The summed E-state index contributed by atoms with van der Waals surface area (Å²) in [5.41, 5.74) is 5.85. The Kier molecular flexibility index (Phi) is 3.38. The number of nitrogen functional groups attached to an aromatic ring is 1. The Balaban J connectivity index is 1.85. The third-order valence-electron chi connectivity index (χ3n) is 4.80. The zero-order valence-corrected chi connectivity index (χ0v) is 11.7. The van der Waals surface area contributed by atoms with Gasteiger partial charge in [-0.3, -0.25) is 5.41 Å². The van der Waals surface area contributed by atoms with Crippen LogP contribution in [-0.4, -0.2) is 34.6 Å². The van der Waals surface area contributed by atoms with E-state index in [0.717, 1.165) is 44.6 Å². The molecule has 20 heavy (non-hydrogen) atoms. The minimum Gasteiger partial charge on any atom is -0.389 e. The van der Waals surface area contributed by atoms with Crippen molar-refractivity contribution in [1.82, 2.24) is 4.98 Å². The van der Waals surface area contributed by atoms with Crippen molar-refractivity contribution in [2.75, 3.05) is 18.0 Å². The van der Waals surface area contributed by atoms with Crippen molar-refractivity contribution >= 4 is 11.7 Å². The molecule has 2 atom stereocenters. The van der Waals surface area contributed by atoms with Gasteiger partial charge in [0.1, 0.15) is 11.7 Å². The van der Waals surface area contributed by atoms with E-state index in [1.54, 1.807) is 12.3 Å². The molecule has 1 saturated heterocycles. The van der Waals surface area contributed by atoms with E-state index in [0.29, 0.717) is 11.5 Å². The summed E-state index contributed by atoms with van der Waals surface area (Å²) < 4.78 is 0. The number of rotatable bonds is 2. The number of nitrogens with one attached hydrogen (secondary N) is 1. The van der Waals surface area contributed by atoms with Gasteiger partial charge in [0, 0.05) is 25.2 Å². The number of nitrogens with zero attached hydrogens (tertiary/aromatic N) is 2. The van der Waals surface area contributed by atoms with E-state index in [4.69, 9.17) is 11.1 Å². The van der Waals surface area contributed by atoms with Crippen LogP contribution < -0.4 is 10.6 Å². The monoisotopic (exact) mass is 274 g/mol. The highest BCUT2D eigenvalue weighted by atomic mass is 16.3. The molecule has 0 amide bonds. The Morgan fingerprint density at radius 2 is 2.30 bits per heavy atom. The van der Waals surface area contributed by atoms with E-state index in [1.165, 1.54) is 6.42 Å². The number of amidine groups is 1. The first kappa shape index (κ1) is 13.4. The average molecular weight is 274 g/mol. The lowest BCUT2D eigenvalue weighted by Crippen LogP contribution is -2.53. The molecule has 0 aromatic carbocycles. The minimum absolute atomic E-state index is 0.0533. The molecule has 1 aromatic rings. The van der Waals surface area contributed by atoms with Crippen LogP contribution in [0.5, 0.6) is 0 Å². The number of piperidine rings is 1. The molecule has 1 aromatic heterocycles. The highest BCUT2D eigenvalue weighted by Gasteiger charge is 2.43. The molecule has 5 nitrogen and oxygen atoms in total. The fraction of sp³-hybridized carbons (Fsp3) is 0.600. The first-order chi connectivity index (χ1) is 9.60. The molecule has 2 unspecified atom stereocenters. The Morgan fingerprint density at radius 3 is 3.10 bits per heavy atom. The summed E-state index contributed by atoms with van der Waals surface area (Å²) in [5.74, 6) is 1.15. The second-order valence-electron chi connectivity index (χ2n) is 6.03. The van der Waals surface area contributed by atoms with Crippen LogP contribution in [0.3, 0.4) is 0 Å². The Bertz CT molecular complexity index is 518. The number of aromatic nitrogens is 1. The lowest BCUT2D eigenvalue weighted by molar-refractivity contribution is -0.0613. The number of hydrogen-bond acceptors (Lipinski definition) is 4. The molecule has 0 bridgehead atoms. The smallest absolute Gasteiger partial charge is 0.139 e. The van der Waals surface area contributed by atoms with Crippen molar-refractivity contribution in [1.29, 1.82) is 5.41 Å². The molecule has 4 N–H and O–H groups in total. The summed E-state index contributed by atoms with van der Waals surface area (Å²) in [7, 11) is 0. The van der Waals surface area contributed by atoms with Crippen LogP contribution in [0.4, 0.5) is 5.82 Å². The number of pyridine rings is 1. The van der Waals surface area contributed by atoms with Gasteiger partial charge in [0.2, 0.25) is 0 Å². The van der Waals surface area contributed by atoms with Gasteiger partial charge in [-0.15, -0.1) is 0 Å². The third kappa shape index (κ3) is 2.26. The van der Waals surface area contributed by atoms with Gasteiger partial charge < -0.3 is 15.7 Å². The summed E-state index contributed by atoms with van der Waals surface area (Å²) in [6, 6.07) is 3.65. The zero-order valence-electron chi connectivity index (χ0n) is 11.7. The Labute approximate surface area is 119 Å². The largest absolute Gasteiger partial charge is 0.389 e. The van der Waals surface area contributed by atoms with Crippen LogP contribution in [0, 0.1) is 11.3 Å². The number of nitrogens with two attached hydrogens (primary N) is 1. The summed E-state index contributed by atoms with van der Waals surface area (Å²) >= 11 is 0. The maximum absolute atomic E-state index is 10.7. The first-order valence-electron chi connectivity index (χ1n) is 7.37. The van der Waals surface area contributed by atoms with Crippen molar-refractivity contribution in [3.8, 4) is 0 Å². The van der Waals surface area contributed by atoms with Crippen molar-refractivity contribution in [3.63, 3.8) is 0 Å². The lowest BCUT2D eigenvalue weighted by Gasteiger charge is -2.48. The summed E-state index contributed by atoms with van der Waals surface area (Å²) in [5, 5.41) is 18.4. The molecular weight excluding hydrogens is 252 g/mol. The highest BCUT2D eigenvalue weighted by molar-refractivity contribution is 5.99. The van der Waals surface area contributed by atoms with Gasteiger partial charge in [-0.2, -0.15) is 0 Å². The Morgan fingerprint density at radius 1 is 1.45 bits per heavy atom. The van der Waals surface area contributed by atoms with Gasteiger partial charge in [-0.25, -0.2) is 4.98 Å². The average Bonchev–Trinajstić information content (AvgIpc) is 2.46. The van der Waals surface area contributed by atoms with Crippen molar-refractivity contribution in [2.45, 2.75) is 37.7 Å². The van der Waals surface area contributed by atoms with Gasteiger partial charge in [-0.05, 0) is 31.4 Å². The van der Waals surface area contributed by atoms with Gasteiger partial charge in [0.15, 0.2) is 0 Å². The van der Waals surface area contributed by atoms with Crippen LogP contribution in [0.15, 0.2) is 18.3 Å². The molecule has 108 valence electrons. The highest BCUT2D eigenvalue weighted by Crippen LogP contribution is 2.40. The Hall–Kier alpha value is -1.62. The predicted molar refractivity (Wildman–Crippen MR) is 79.0 cm³/mol.